The van der Waals surface area contributed by atoms with Crippen molar-refractivity contribution >= 4 is 23.4 Å². The summed E-state index contributed by atoms with van der Waals surface area (Å²) in [6, 6.07) is 15.2. The molecular formula is C38H49N3O6. The summed E-state index contributed by atoms with van der Waals surface area (Å²) in [4.78, 5) is 49.3. The molecule has 2 aromatic carbocycles. The van der Waals surface area contributed by atoms with Crippen molar-refractivity contribution in [3.63, 3.8) is 0 Å². The highest BCUT2D eigenvalue weighted by molar-refractivity contribution is 6.03. The smallest absolute Gasteiger partial charge is 0.248 e. The van der Waals surface area contributed by atoms with E-state index < -0.39 is 35.6 Å². The number of carbonyl (C=O) groups excluding carboxylic acids is 3. The van der Waals surface area contributed by atoms with Gasteiger partial charge in [0.2, 0.25) is 17.7 Å². The lowest BCUT2D eigenvalue weighted by Crippen LogP contribution is -2.60. The molecule has 3 unspecified atom stereocenters. The first kappa shape index (κ1) is 34.4. The van der Waals surface area contributed by atoms with Gasteiger partial charge in [-0.05, 0) is 69.4 Å². The van der Waals surface area contributed by atoms with Crippen LogP contribution >= 0.6 is 0 Å². The quantitative estimate of drug-likeness (QED) is 0.264. The summed E-state index contributed by atoms with van der Waals surface area (Å²) in [5, 5.41) is 10.8. The molecule has 3 heterocycles. The van der Waals surface area contributed by atoms with Crippen molar-refractivity contribution in [3.05, 3.63) is 85.5 Å². The van der Waals surface area contributed by atoms with Gasteiger partial charge in [0.15, 0.2) is 0 Å². The van der Waals surface area contributed by atoms with Crippen molar-refractivity contribution in [2.75, 3.05) is 31.2 Å². The predicted molar refractivity (Wildman–Crippen MR) is 182 cm³/mol. The number of benzene rings is 2. The molecule has 0 aromatic heterocycles. The Hall–Kier alpha value is -3.95. The number of nitrogens with zero attached hydrogens (tertiary/aromatic N) is 3. The van der Waals surface area contributed by atoms with Gasteiger partial charge in [-0.1, -0.05) is 55.8 Å². The minimum Gasteiger partial charge on any atom is -0.494 e. The number of rotatable bonds is 16. The summed E-state index contributed by atoms with van der Waals surface area (Å²) in [6.45, 7) is 14.5. The molecule has 1 N–H and O–H groups in total. The Kier molecular flexibility index (Phi) is 10.9. The van der Waals surface area contributed by atoms with Crippen molar-refractivity contribution in [3.8, 4) is 5.75 Å². The van der Waals surface area contributed by atoms with Crippen LogP contribution in [0.4, 0.5) is 5.69 Å². The van der Waals surface area contributed by atoms with Gasteiger partial charge in [0.05, 0.1) is 37.2 Å². The number of fused-ring (bicyclic) bond motifs is 1. The van der Waals surface area contributed by atoms with Crippen LogP contribution in [0.2, 0.25) is 0 Å². The van der Waals surface area contributed by atoms with Crippen LogP contribution in [0.25, 0.3) is 0 Å². The van der Waals surface area contributed by atoms with Crippen molar-refractivity contribution in [1.29, 1.82) is 0 Å². The van der Waals surface area contributed by atoms with Gasteiger partial charge in [-0.2, -0.15) is 0 Å². The number of aliphatic hydroxyl groups is 1. The summed E-state index contributed by atoms with van der Waals surface area (Å²) < 4.78 is 12.4. The molecule has 252 valence electrons. The molecule has 1 spiro atoms. The summed E-state index contributed by atoms with van der Waals surface area (Å²) in [6.07, 6.45) is 5.92. The number of hydrogen-bond donors (Lipinski definition) is 1. The number of amides is 3. The maximum Gasteiger partial charge on any atom is 0.248 e. The van der Waals surface area contributed by atoms with Crippen molar-refractivity contribution < 1.29 is 29.0 Å². The number of hydrogen-bond acceptors (Lipinski definition) is 6. The molecule has 9 nitrogen and oxygen atoms in total. The first-order chi connectivity index (χ1) is 22.8. The number of ether oxygens (including phenoxy) is 2. The fraction of sp³-hybridized carbons (Fsp3) is 0.500. The zero-order valence-electron chi connectivity index (χ0n) is 27.9. The van der Waals surface area contributed by atoms with Crippen molar-refractivity contribution in [2.24, 2.45) is 11.8 Å². The summed E-state index contributed by atoms with van der Waals surface area (Å²) in [7, 11) is 0. The van der Waals surface area contributed by atoms with Crippen LogP contribution in [0.15, 0.2) is 79.9 Å². The van der Waals surface area contributed by atoms with Crippen LogP contribution in [0, 0.1) is 11.8 Å². The molecule has 0 aliphatic carbocycles. The summed E-state index contributed by atoms with van der Waals surface area (Å²) in [5.41, 5.74) is 0.411. The van der Waals surface area contributed by atoms with Crippen LogP contribution in [0.5, 0.6) is 5.75 Å². The van der Waals surface area contributed by atoms with E-state index in [1.54, 1.807) is 26.9 Å². The Labute approximate surface area is 278 Å². The highest BCUT2D eigenvalue weighted by Gasteiger charge is 2.75. The lowest BCUT2D eigenvalue weighted by molar-refractivity contribution is -0.152. The van der Waals surface area contributed by atoms with E-state index in [4.69, 9.17) is 9.47 Å². The molecule has 3 saturated heterocycles. The highest BCUT2D eigenvalue weighted by Crippen LogP contribution is 2.59. The molecule has 3 aliphatic rings. The van der Waals surface area contributed by atoms with E-state index in [0.717, 1.165) is 18.4 Å². The second-order valence-corrected chi connectivity index (χ2v) is 12.9. The third-order valence-corrected chi connectivity index (χ3v) is 10.1. The number of anilines is 1. The lowest BCUT2D eigenvalue weighted by Gasteiger charge is -2.41. The highest BCUT2D eigenvalue weighted by atomic mass is 16.5. The topological polar surface area (TPSA) is 99.6 Å². The first-order valence-corrected chi connectivity index (χ1v) is 17.0. The molecule has 2 aromatic rings. The fourth-order valence-electron chi connectivity index (χ4n) is 8.06. The average molecular weight is 644 g/mol. The zero-order chi connectivity index (χ0) is 33.7. The van der Waals surface area contributed by atoms with Crippen LogP contribution in [-0.4, -0.2) is 88.8 Å². The minimum atomic E-state index is -1.19. The third kappa shape index (κ3) is 6.35. The molecule has 3 amide bonds. The molecule has 47 heavy (non-hydrogen) atoms. The Bertz CT molecular complexity index is 1430. The maximum atomic E-state index is 14.8. The Morgan fingerprint density at radius 3 is 2.40 bits per heavy atom. The van der Waals surface area contributed by atoms with Crippen molar-refractivity contribution in [1.82, 2.24) is 9.80 Å². The Balaban J connectivity index is 1.57. The molecule has 5 rings (SSSR count). The Morgan fingerprint density at radius 2 is 1.79 bits per heavy atom. The van der Waals surface area contributed by atoms with E-state index in [1.165, 1.54) is 0 Å². The van der Waals surface area contributed by atoms with Gasteiger partial charge < -0.3 is 29.3 Å². The van der Waals surface area contributed by atoms with E-state index in [1.807, 2.05) is 68.4 Å². The molecule has 0 radical (unpaired) electrons. The van der Waals surface area contributed by atoms with E-state index in [2.05, 4.69) is 20.1 Å². The second kappa shape index (κ2) is 14.9. The van der Waals surface area contributed by atoms with Crippen molar-refractivity contribution in [2.45, 2.75) is 82.7 Å². The predicted octanol–water partition coefficient (Wildman–Crippen LogP) is 4.79. The molecule has 2 bridgehead atoms. The fourth-order valence-corrected chi connectivity index (χ4v) is 8.06. The molecule has 9 heteroatoms. The maximum absolute atomic E-state index is 14.8. The van der Waals surface area contributed by atoms with E-state index in [-0.39, 0.29) is 36.9 Å². The first-order valence-electron chi connectivity index (χ1n) is 17.0. The molecule has 7 atom stereocenters. The molecule has 3 fully saturated rings. The van der Waals surface area contributed by atoms with Gasteiger partial charge in [-0.3, -0.25) is 14.4 Å². The molecule has 0 saturated carbocycles. The van der Waals surface area contributed by atoms with Gasteiger partial charge in [0.1, 0.15) is 17.4 Å². The van der Waals surface area contributed by atoms with Crippen LogP contribution < -0.4 is 9.64 Å². The average Bonchev–Trinajstić information content (AvgIpc) is 3.73. The van der Waals surface area contributed by atoms with Crippen LogP contribution in [-0.2, 0) is 25.5 Å². The van der Waals surface area contributed by atoms with Gasteiger partial charge in [0.25, 0.3) is 0 Å². The SMILES string of the molecule is C=CCN(C(=O)[C@@H]1[C@@H]2CCC3(O2)C(C(=O)N(CC=C)C(C)CCC)N([C@@H](CO)Cc2ccccc2)C(=O)[C@H]13)c1ccc(OCC)cc1. The van der Waals surface area contributed by atoms with Crippen LogP contribution in [0.1, 0.15) is 52.0 Å². The Morgan fingerprint density at radius 1 is 1.09 bits per heavy atom. The lowest BCUT2D eigenvalue weighted by atomic mass is 9.70. The largest absolute Gasteiger partial charge is 0.494 e. The van der Waals surface area contributed by atoms with Crippen LogP contribution in [0.3, 0.4) is 0 Å². The second-order valence-electron chi connectivity index (χ2n) is 12.9. The number of likely N-dealkylation sites (tertiary alicyclic amines) is 1. The normalized spacial score (nSPS) is 25.6. The van der Waals surface area contributed by atoms with Gasteiger partial charge in [0, 0.05) is 24.8 Å². The molecule has 3 aliphatic heterocycles. The third-order valence-electron chi connectivity index (χ3n) is 10.1. The zero-order valence-corrected chi connectivity index (χ0v) is 27.9. The summed E-state index contributed by atoms with van der Waals surface area (Å²) in [5.74, 6) is -1.74. The standard InChI is InChI=1S/C38H49N3O6/c1-6-13-26(5)39(22-7-2)37(45)34-38-21-20-31(47-38)32(35(43)40(23-8-3)28-16-18-30(19-17-28)46-9-4)33(38)36(44)41(34)29(25-42)24-27-14-11-10-12-15-27/h7-8,10-12,14-19,26,29,31-34,42H,2-3,6,9,13,20-25H2,1,4-5H3/t26?,29-,31+,32-,33+,34?,38?/m1/s1. The van der Waals surface area contributed by atoms with Gasteiger partial charge >= 0.3 is 0 Å². The monoisotopic (exact) mass is 643 g/mol. The minimum absolute atomic E-state index is 0.0987. The van der Waals surface area contributed by atoms with E-state index in [0.29, 0.717) is 43.9 Å². The van der Waals surface area contributed by atoms with Gasteiger partial charge in [-0.25, -0.2) is 0 Å². The van der Waals surface area contributed by atoms with E-state index >= 15 is 0 Å². The summed E-state index contributed by atoms with van der Waals surface area (Å²) >= 11 is 0. The number of aliphatic hydroxyl groups excluding tert-OH is 1. The van der Waals surface area contributed by atoms with E-state index in [9.17, 15) is 19.5 Å². The van der Waals surface area contributed by atoms with Gasteiger partial charge in [-0.15, -0.1) is 13.2 Å². The number of carbonyl (C=O) groups is 3. The molecular weight excluding hydrogens is 594 g/mol.